The molecule has 0 radical (unpaired) electrons. The second-order valence-corrected chi connectivity index (χ2v) is 13.3. The Morgan fingerprint density at radius 1 is 0.722 bits per heavy atom. The van der Waals surface area contributed by atoms with Gasteiger partial charge in [0.25, 0.3) is 0 Å². The minimum Gasteiger partial charge on any atom is -0.344 e. The Kier molecular flexibility index (Phi) is 6.65. The van der Waals surface area contributed by atoms with E-state index in [4.69, 9.17) is 0 Å². The van der Waals surface area contributed by atoms with Crippen LogP contribution in [0.4, 0.5) is 5.69 Å². The number of hydrogen-bond donors (Lipinski definition) is 0. The zero-order valence-corrected chi connectivity index (χ0v) is 22.2. The summed E-state index contributed by atoms with van der Waals surface area (Å²) in [6, 6.07) is 40.4. The molecule has 0 fully saturated rings. The van der Waals surface area contributed by atoms with Crippen molar-refractivity contribution in [3.63, 3.8) is 0 Å². The summed E-state index contributed by atoms with van der Waals surface area (Å²) in [6.07, 6.45) is 2.39. The zero-order chi connectivity index (χ0) is 25.2. The molecule has 36 heavy (non-hydrogen) atoms. The molecule has 180 valence electrons. The van der Waals surface area contributed by atoms with E-state index in [1.807, 2.05) is 6.08 Å². The van der Waals surface area contributed by atoms with Gasteiger partial charge in [-0.25, -0.2) is 0 Å². The van der Waals surface area contributed by atoms with E-state index >= 15 is 0 Å². The highest BCUT2D eigenvalue weighted by Crippen LogP contribution is 2.55. The quantitative estimate of drug-likeness (QED) is 0.225. The van der Waals surface area contributed by atoms with Gasteiger partial charge < -0.3 is 4.90 Å². The monoisotopic (exact) mass is 490 g/mol. The summed E-state index contributed by atoms with van der Waals surface area (Å²) in [6.45, 7) is 7.45. The van der Waals surface area contributed by atoms with Crippen molar-refractivity contribution in [3.8, 4) is 0 Å². The predicted octanol–water partition coefficient (Wildman–Crippen LogP) is 6.25. The lowest BCUT2D eigenvalue weighted by Crippen LogP contribution is -2.36. The van der Waals surface area contributed by atoms with E-state index in [0.29, 0.717) is 6.16 Å². The average molecular weight is 491 g/mol. The topological polar surface area (TPSA) is 20.3 Å². The van der Waals surface area contributed by atoms with Crippen molar-refractivity contribution < 1.29 is 4.79 Å². The van der Waals surface area contributed by atoms with E-state index in [1.165, 1.54) is 27.2 Å². The first-order valence-corrected chi connectivity index (χ1v) is 14.6. The van der Waals surface area contributed by atoms with Gasteiger partial charge in [-0.1, -0.05) is 86.6 Å². The van der Waals surface area contributed by atoms with Crippen LogP contribution in [0.2, 0.25) is 0 Å². The van der Waals surface area contributed by atoms with E-state index in [0.717, 1.165) is 12.2 Å². The van der Waals surface area contributed by atoms with Crippen LogP contribution in [0, 0.1) is 0 Å². The summed E-state index contributed by atoms with van der Waals surface area (Å²) in [5.41, 5.74) is 3.35. The number of anilines is 1. The predicted molar refractivity (Wildman–Crippen MR) is 156 cm³/mol. The zero-order valence-electron chi connectivity index (χ0n) is 21.3. The summed E-state index contributed by atoms with van der Waals surface area (Å²) >= 11 is 0. The van der Waals surface area contributed by atoms with Crippen molar-refractivity contribution in [1.29, 1.82) is 0 Å². The molecule has 1 aliphatic heterocycles. The SMILES string of the molecule is CCN1/C(=C\C(=O)C[P+](c2ccccc2)(c2ccccc2)c2ccccc2)C(C)(C)c2ccccc21. The van der Waals surface area contributed by atoms with Gasteiger partial charge in [-0.15, -0.1) is 0 Å². The van der Waals surface area contributed by atoms with Crippen molar-refractivity contribution in [3.05, 3.63) is 133 Å². The summed E-state index contributed by atoms with van der Waals surface area (Å²) in [7, 11) is -2.22. The maximum absolute atomic E-state index is 14.2. The van der Waals surface area contributed by atoms with E-state index in [2.05, 4.69) is 141 Å². The molecular formula is C33H33NOP+. The standard InChI is InChI=1S/C33H33NOP/c1-4-34-31-23-15-14-22-30(31)33(2,3)32(34)24-26(35)25-36(27-16-8-5-9-17-27,28-18-10-6-11-19-28)29-20-12-7-13-21-29/h5-24H,4,25H2,1-3H3/q+1/b32-24-. The molecule has 0 spiro atoms. The summed E-state index contributed by atoms with van der Waals surface area (Å²) in [4.78, 5) is 16.5. The fourth-order valence-corrected chi connectivity index (χ4v) is 9.69. The van der Waals surface area contributed by atoms with Crippen LogP contribution in [0.25, 0.3) is 0 Å². The lowest BCUT2D eigenvalue weighted by molar-refractivity contribution is -0.112. The maximum Gasteiger partial charge on any atom is 0.195 e. The highest BCUT2D eigenvalue weighted by molar-refractivity contribution is 7.96. The van der Waals surface area contributed by atoms with Crippen molar-refractivity contribution in [2.75, 3.05) is 17.6 Å². The first-order chi connectivity index (χ1) is 17.5. The lowest BCUT2D eigenvalue weighted by Gasteiger charge is -2.28. The van der Waals surface area contributed by atoms with Gasteiger partial charge in [-0.2, -0.15) is 0 Å². The molecule has 0 bridgehead atoms. The number of nitrogens with zero attached hydrogens (tertiary/aromatic N) is 1. The molecule has 3 heteroatoms. The Balaban J connectivity index is 1.66. The minimum atomic E-state index is -2.22. The molecule has 2 nitrogen and oxygen atoms in total. The molecule has 1 aliphatic rings. The molecule has 4 aromatic rings. The number of carbonyl (C=O) groups excluding carboxylic acids is 1. The summed E-state index contributed by atoms with van der Waals surface area (Å²) < 4.78 is 0. The van der Waals surface area contributed by atoms with E-state index in [1.54, 1.807) is 0 Å². The smallest absolute Gasteiger partial charge is 0.195 e. The highest BCUT2D eigenvalue weighted by atomic mass is 31.2. The Morgan fingerprint density at radius 2 is 1.17 bits per heavy atom. The Hall–Kier alpha value is -3.48. The van der Waals surface area contributed by atoms with Gasteiger partial charge in [0.2, 0.25) is 0 Å². The lowest BCUT2D eigenvalue weighted by atomic mass is 9.83. The van der Waals surface area contributed by atoms with Crippen LogP contribution in [0.15, 0.2) is 127 Å². The van der Waals surface area contributed by atoms with Gasteiger partial charge in [0.05, 0.1) is 0 Å². The van der Waals surface area contributed by atoms with Crippen molar-refractivity contribution in [1.82, 2.24) is 0 Å². The number of hydrogen-bond acceptors (Lipinski definition) is 2. The molecule has 5 rings (SSSR count). The van der Waals surface area contributed by atoms with Crippen LogP contribution in [0.5, 0.6) is 0 Å². The third-order valence-corrected chi connectivity index (χ3v) is 11.7. The second-order valence-electron chi connectivity index (χ2n) is 9.86. The molecule has 0 N–H and O–H groups in total. The number of allylic oxidation sites excluding steroid dienone is 2. The molecule has 0 saturated carbocycles. The third kappa shape index (κ3) is 4.10. The number of rotatable bonds is 7. The molecule has 4 aromatic carbocycles. The molecule has 1 heterocycles. The van der Waals surface area contributed by atoms with Crippen LogP contribution in [0.1, 0.15) is 26.3 Å². The van der Waals surface area contributed by atoms with Gasteiger partial charge in [-0.3, -0.25) is 4.79 Å². The number of benzene rings is 4. The second kappa shape index (κ2) is 9.88. The highest BCUT2D eigenvalue weighted by Gasteiger charge is 2.47. The molecule has 0 aliphatic carbocycles. The van der Waals surface area contributed by atoms with Crippen LogP contribution >= 0.6 is 7.26 Å². The van der Waals surface area contributed by atoms with Gasteiger partial charge >= 0.3 is 0 Å². The molecule has 0 atom stereocenters. The van der Waals surface area contributed by atoms with Gasteiger partial charge in [-0.05, 0) is 55.0 Å². The number of ketones is 1. The van der Waals surface area contributed by atoms with Gasteiger partial charge in [0.15, 0.2) is 5.78 Å². The van der Waals surface area contributed by atoms with Crippen LogP contribution in [0.3, 0.4) is 0 Å². The van der Waals surface area contributed by atoms with Gasteiger partial charge in [0, 0.05) is 29.4 Å². The molecule has 0 unspecified atom stereocenters. The van der Waals surface area contributed by atoms with E-state index < -0.39 is 7.26 Å². The first kappa shape index (κ1) is 24.2. The fourth-order valence-electron chi connectivity index (χ4n) is 5.64. The molecular weight excluding hydrogens is 457 g/mol. The minimum absolute atomic E-state index is 0.175. The Morgan fingerprint density at radius 3 is 1.64 bits per heavy atom. The van der Waals surface area contributed by atoms with Crippen LogP contribution in [-0.2, 0) is 10.2 Å². The van der Waals surface area contributed by atoms with Crippen molar-refractivity contribution in [2.24, 2.45) is 0 Å². The number of para-hydroxylation sites is 1. The van der Waals surface area contributed by atoms with Crippen LogP contribution < -0.4 is 20.8 Å². The maximum atomic E-state index is 14.2. The number of fused-ring (bicyclic) bond motifs is 1. The average Bonchev–Trinajstić information content (AvgIpc) is 3.14. The fraction of sp³-hybridized carbons (Fsp3) is 0.182. The number of carbonyl (C=O) groups is 1. The van der Waals surface area contributed by atoms with E-state index in [9.17, 15) is 4.79 Å². The summed E-state index contributed by atoms with van der Waals surface area (Å²) in [5, 5.41) is 3.70. The number of likely N-dealkylation sites (N-methyl/N-ethyl adjacent to an activating group) is 1. The Labute approximate surface area is 215 Å². The van der Waals surface area contributed by atoms with Crippen molar-refractivity contribution in [2.45, 2.75) is 26.2 Å². The van der Waals surface area contributed by atoms with Crippen molar-refractivity contribution >= 4 is 34.6 Å². The largest absolute Gasteiger partial charge is 0.344 e. The molecule has 0 saturated heterocycles. The Bertz CT molecular complexity index is 1280. The molecule has 0 aromatic heterocycles. The molecule has 0 amide bonds. The normalized spacial score (nSPS) is 15.6. The van der Waals surface area contributed by atoms with E-state index in [-0.39, 0.29) is 11.2 Å². The van der Waals surface area contributed by atoms with Crippen LogP contribution in [-0.4, -0.2) is 18.5 Å². The van der Waals surface area contributed by atoms with Gasteiger partial charge in [0.1, 0.15) is 29.3 Å². The third-order valence-electron chi connectivity index (χ3n) is 7.40. The summed E-state index contributed by atoms with van der Waals surface area (Å²) in [5.74, 6) is 0.175. The first-order valence-electron chi connectivity index (χ1n) is 12.7.